The highest BCUT2D eigenvalue weighted by atomic mass is 32.1. The number of hydrogen-bond donors (Lipinski definition) is 3. The Balaban J connectivity index is 1.31. The summed E-state index contributed by atoms with van der Waals surface area (Å²) in [6.07, 6.45) is 10.8. The summed E-state index contributed by atoms with van der Waals surface area (Å²) >= 11 is 5.25. The van der Waals surface area contributed by atoms with E-state index in [9.17, 15) is 0 Å². The summed E-state index contributed by atoms with van der Waals surface area (Å²) in [4.78, 5) is 10.7. The molecule has 0 fully saturated rings. The first-order chi connectivity index (χ1) is 16.7. The molecule has 4 aromatic rings. The van der Waals surface area contributed by atoms with E-state index < -0.39 is 0 Å². The number of nitrogens with zero attached hydrogens (tertiary/aromatic N) is 2. The first-order valence-corrected chi connectivity index (χ1v) is 12.6. The molecule has 2 aromatic carbocycles. The number of aliphatic imine (C=N–C) groups is 1. The molecule has 3 unspecified atom stereocenters. The van der Waals surface area contributed by atoms with Crippen LogP contribution in [0.2, 0.25) is 0 Å². The Labute approximate surface area is 205 Å². The SMILES string of the molecule is CC(c1c[nH]c(=S)[nH]1)c1cccc2c1ccc[n+]2-c1ccc2c(c1)CCC(CC1CN=CN1)C2. The molecule has 0 bridgehead atoms. The predicted octanol–water partition coefficient (Wildman–Crippen LogP) is 5.15. The van der Waals surface area contributed by atoms with Crippen LogP contribution < -0.4 is 9.88 Å². The molecule has 1 aliphatic heterocycles. The number of pyridine rings is 1. The van der Waals surface area contributed by atoms with Crippen LogP contribution in [0.4, 0.5) is 0 Å². The van der Waals surface area contributed by atoms with Gasteiger partial charge in [-0.25, -0.2) is 0 Å². The number of nitrogens with one attached hydrogen (secondary N) is 3. The zero-order valence-corrected chi connectivity index (χ0v) is 20.2. The van der Waals surface area contributed by atoms with Crippen molar-refractivity contribution >= 4 is 29.5 Å². The Bertz CT molecular complexity index is 1420. The fraction of sp³-hybridized carbons (Fsp3) is 0.321. The number of aromatic nitrogens is 3. The van der Waals surface area contributed by atoms with Crippen molar-refractivity contribution in [1.29, 1.82) is 0 Å². The first kappa shape index (κ1) is 21.3. The largest absolute Gasteiger partial charge is 0.372 e. The van der Waals surface area contributed by atoms with Crippen molar-refractivity contribution in [3.8, 4) is 5.69 Å². The number of aryl methyl sites for hydroxylation is 1. The summed E-state index contributed by atoms with van der Waals surface area (Å²) < 4.78 is 3.00. The van der Waals surface area contributed by atoms with Crippen molar-refractivity contribution < 1.29 is 4.57 Å². The molecule has 3 atom stereocenters. The van der Waals surface area contributed by atoms with Gasteiger partial charge < -0.3 is 15.3 Å². The van der Waals surface area contributed by atoms with Gasteiger partial charge >= 0.3 is 0 Å². The Morgan fingerprint density at radius 1 is 1.15 bits per heavy atom. The molecule has 3 heterocycles. The second kappa shape index (κ2) is 8.84. The fourth-order valence-corrected chi connectivity index (χ4v) is 5.90. The molecule has 34 heavy (non-hydrogen) atoms. The van der Waals surface area contributed by atoms with Crippen LogP contribution in [0.5, 0.6) is 0 Å². The molecule has 2 aliphatic rings. The number of aromatic amines is 2. The van der Waals surface area contributed by atoms with E-state index >= 15 is 0 Å². The van der Waals surface area contributed by atoms with Crippen LogP contribution in [0, 0.1) is 10.7 Å². The lowest BCUT2D eigenvalue weighted by Gasteiger charge is -2.26. The van der Waals surface area contributed by atoms with Crippen molar-refractivity contribution in [3.05, 3.63) is 88.1 Å². The van der Waals surface area contributed by atoms with Crippen LogP contribution >= 0.6 is 12.2 Å². The smallest absolute Gasteiger partial charge is 0.218 e. The van der Waals surface area contributed by atoms with Crippen LogP contribution in [0.15, 0.2) is 65.9 Å². The molecule has 2 aromatic heterocycles. The van der Waals surface area contributed by atoms with E-state index in [2.05, 4.69) is 86.5 Å². The minimum Gasteiger partial charge on any atom is -0.372 e. The van der Waals surface area contributed by atoms with Crippen molar-refractivity contribution in [3.63, 3.8) is 0 Å². The second-order valence-corrected chi connectivity index (χ2v) is 10.1. The van der Waals surface area contributed by atoms with Crippen LogP contribution in [-0.2, 0) is 12.8 Å². The van der Waals surface area contributed by atoms with Gasteiger partial charge in [-0.3, -0.25) is 4.99 Å². The highest BCUT2D eigenvalue weighted by molar-refractivity contribution is 7.71. The molecule has 6 rings (SSSR count). The molecular formula is C28H30N5S+. The quantitative estimate of drug-likeness (QED) is 0.280. The Morgan fingerprint density at radius 3 is 2.91 bits per heavy atom. The average Bonchev–Trinajstić information content (AvgIpc) is 3.54. The highest BCUT2D eigenvalue weighted by Gasteiger charge is 2.25. The lowest BCUT2D eigenvalue weighted by atomic mass is 9.80. The van der Waals surface area contributed by atoms with E-state index in [4.69, 9.17) is 12.2 Å². The third kappa shape index (κ3) is 3.96. The van der Waals surface area contributed by atoms with Gasteiger partial charge in [-0.1, -0.05) is 25.1 Å². The third-order valence-electron chi connectivity index (χ3n) is 7.57. The molecule has 0 amide bonds. The van der Waals surface area contributed by atoms with Gasteiger partial charge in [0.05, 0.1) is 18.3 Å². The monoisotopic (exact) mass is 468 g/mol. The molecule has 0 saturated heterocycles. The first-order valence-electron chi connectivity index (χ1n) is 12.2. The number of benzene rings is 2. The minimum absolute atomic E-state index is 0.215. The molecule has 3 N–H and O–H groups in total. The van der Waals surface area contributed by atoms with Gasteiger partial charge in [0, 0.05) is 48.1 Å². The Kier molecular flexibility index (Phi) is 5.53. The topological polar surface area (TPSA) is 59.9 Å². The number of rotatable bonds is 5. The number of fused-ring (bicyclic) bond motifs is 2. The van der Waals surface area contributed by atoms with E-state index in [1.807, 2.05) is 12.5 Å². The number of imidazole rings is 1. The molecular weight excluding hydrogens is 438 g/mol. The second-order valence-electron chi connectivity index (χ2n) is 9.73. The molecule has 0 radical (unpaired) electrons. The zero-order chi connectivity index (χ0) is 23.1. The lowest BCUT2D eigenvalue weighted by Crippen LogP contribution is -2.32. The Morgan fingerprint density at radius 2 is 2.09 bits per heavy atom. The molecule has 5 nitrogen and oxygen atoms in total. The molecule has 1 aliphatic carbocycles. The van der Waals surface area contributed by atoms with Gasteiger partial charge in [-0.15, -0.1) is 0 Å². The van der Waals surface area contributed by atoms with Crippen molar-refractivity contribution in [2.75, 3.05) is 6.54 Å². The summed E-state index contributed by atoms with van der Waals surface area (Å²) in [6.45, 7) is 3.15. The maximum atomic E-state index is 5.25. The van der Waals surface area contributed by atoms with Crippen molar-refractivity contribution in [2.45, 2.75) is 44.6 Å². The van der Waals surface area contributed by atoms with E-state index in [1.165, 1.54) is 52.5 Å². The maximum Gasteiger partial charge on any atom is 0.218 e. The predicted molar refractivity (Wildman–Crippen MR) is 139 cm³/mol. The van der Waals surface area contributed by atoms with Gasteiger partial charge in [0.1, 0.15) is 0 Å². The van der Waals surface area contributed by atoms with Crippen molar-refractivity contribution in [1.82, 2.24) is 15.3 Å². The van der Waals surface area contributed by atoms with Gasteiger partial charge in [0.2, 0.25) is 11.2 Å². The summed E-state index contributed by atoms with van der Waals surface area (Å²) in [7, 11) is 0. The van der Waals surface area contributed by atoms with Gasteiger partial charge in [-0.05, 0) is 66.6 Å². The Hall–Kier alpha value is -3.25. The molecule has 0 saturated carbocycles. The number of hydrogen-bond acceptors (Lipinski definition) is 3. The average molecular weight is 469 g/mol. The lowest BCUT2D eigenvalue weighted by molar-refractivity contribution is -0.567. The van der Waals surface area contributed by atoms with Crippen LogP contribution in [0.1, 0.15) is 48.1 Å². The van der Waals surface area contributed by atoms with Gasteiger partial charge in [0.25, 0.3) is 0 Å². The van der Waals surface area contributed by atoms with E-state index in [-0.39, 0.29) is 5.92 Å². The van der Waals surface area contributed by atoms with Crippen LogP contribution in [-0.4, -0.2) is 28.9 Å². The summed E-state index contributed by atoms with van der Waals surface area (Å²) in [5.41, 5.74) is 7.87. The van der Waals surface area contributed by atoms with E-state index in [1.54, 1.807) is 0 Å². The molecule has 0 spiro atoms. The summed E-state index contributed by atoms with van der Waals surface area (Å²) in [5, 5.41) is 4.66. The van der Waals surface area contributed by atoms with Crippen molar-refractivity contribution in [2.24, 2.45) is 10.9 Å². The zero-order valence-electron chi connectivity index (χ0n) is 19.4. The minimum atomic E-state index is 0.215. The van der Waals surface area contributed by atoms with Gasteiger partial charge in [0.15, 0.2) is 11.0 Å². The summed E-state index contributed by atoms with van der Waals surface area (Å²) in [5.74, 6) is 0.959. The third-order valence-corrected chi connectivity index (χ3v) is 7.79. The van der Waals surface area contributed by atoms with Gasteiger partial charge in [-0.2, -0.15) is 4.57 Å². The maximum absolute atomic E-state index is 5.25. The number of H-pyrrole nitrogens is 2. The molecule has 6 heteroatoms. The standard InChI is InChI=1S/C28H29N5S/c1-18(26-16-30-28(34)32-26)24-4-2-6-27-25(24)5-3-11-33(27)23-10-9-20-12-19(7-8-21(20)14-23)13-22-15-29-17-31-22/h2-6,9-11,14,16-19,22H,7-8,12-13,15H2,1H3,(H2-,29,30,31,32,34)/p+1. The highest BCUT2D eigenvalue weighted by Crippen LogP contribution is 2.31. The van der Waals surface area contributed by atoms with E-state index in [0.29, 0.717) is 10.8 Å². The summed E-state index contributed by atoms with van der Waals surface area (Å²) in [6, 6.07) is 18.6. The molecule has 172 valence electrons. The van der Waals surface area contributed by atoms with E-state index in [0.717, 1.165) is 24.6 Å². The van der Waals surface area contributed by atoms with Crippen LogP contribution in [0.25, 0.3) is 16.6 Å². The normalized spacial score (nSPS) is 20.3. The van der Waals surface area contributed by atoms with Crippen LogP contribution in [0.3, 0.4) is 0 Å². The fourth-order valence-electron chi connectivity index (χ4n) is 5.72.